The van der Waals surface area contributed by atoms with Crippen LogP contribution in [-0.4, -0.2) is 11.9 Å². The number of benzene rings is 1. The van der Waals surface area contributed by atoms with Crippen LogP contribution in [0.5, 0.6) is 0 Å². The number of carboxylic acids is 1. The van der Waals surface area contributed by atoms with Crippen LogP contribution < -0.4 is 10.4 Å². The lowest BCUT2D eigenvalue weighted by molar-refractivity contribution is -0.313. The first-order chi connectivity index (χ1) is 10.3. The Morgan fingerprint density at radius 3 is 2.23 bits per heavy atom. The van der Waals surface area contributed by atoms with Gasteiger partial charge in [-0.05, 0) is 57.7 Å². The Hall–Kier alpha value is -2.10. The second-order valence-electron chi connectivity index (χ2n) is 6.24. The van der Waals surface area contributed by atoms with E-state index in [2.05, 4.69) is 5.32 Å². The second-order valence-corrected chi connectivity index (χ2v) is 6.24. The van der Waals surface area contributed by atoms with E-state index in [0.29, 0.717) is 12.8 Å². The average Bonchev–Trinajstić information content (AvgIpc) is 2.46. The number of carbonyl (C=O) groups is 2. The van der Waals surface area contributed by atoms with Gasteiger partial charge in [-0.15, -0.1) is 0 Å². The molecule has 1 N–H and O–H groups in total. The number of aryl methyl sites for hydroxylation is 1. The van der Waals surface area contributed by atoms with Gasteiger partial charge in [0, 0.05) is 17.6 Å². The molecule has 1 aliphatic carbocycles. The number of hydrogen-bond donors (Lipinski definition) is 1. The van der Waals surface area contributed by atoms with Crippen LogP contribution in [0.3, 0.4) is 0 Å². The zero-order chi connectivity index (χ0) is 16.4. The molecule has 2 atom stereocenters. The third-order valence-corrected chi connectivity index (χ3v) is 4.77. The van der Waals surface area contributed by atoms with Gasteiger partial charge in [-0.2, -0.15) is 0 Å². The molecule has 4 heteroatoms. The maximum absolute atomic E-state index is 12.6. The quantitative estimate of drug-likeness (QED) is 0.871. The van der Waals surface area contributed by atoms with Gasteiger partial charge in [0.15, 0.2) is 0 Å². The van der Waals surface area contributed by atoms with E-state index in [-0.39, 0.29) is 5.91 Å². The van der Waals surface area contributed by atoms with Gasteiger partial charge in [0.05, 0.1) is 5.92 Å². The Bertz CT molecular complexity index is 646. The van der Waals surface area contributed by atoms with Crippen molar-refractivity contribution >= 4 is 17.6 Å². The SMILES string of the molecule is CC1=C(C)C[C@@H](C(=O)Nc2cccc(C)c2C)[C@@H](C(=O)[O-])C1. The molecule has 4 nitrogen and oxygen atoms in total. The highest BCUT2D eigenvalue weighted by Crippen LogP contribution is 2.34. The summed E-state index contributed by atoms with van der Waals surface area (Å²) in [6.45, 7) is 7.80. The number of aliphatic carboxylic acids is 1. The van der Waals surface area contributed by atoms with E-state index in [0.717, 1.165) is 28.0 Å². The zero-order valence-electron chi connectivity index (χ0n) is 13.5. The minimum Gasteiger partial charge on any atom is -0.550 e. The van der Waals surface area contributed by atoms with Crippen LogP contribution in [0.4, 0.5) is 5.69 Å². The third-order valence-electron chi connectivity index (χ3n) is 4.77. The predicted molar refractivity (Wildman–Crippen MR) is 84.1 cm³/mol. The Morgan fingerprint density at radius 2 is 1.64 bits per heavy atom. The largest absolute Gasteiger partial charge is 0.550 e. The zero-order valence-corrected chi connectivity index (χ0v) is 13.5. The number of amides is 1. The van der Waals surface area contributed by atoms with Crippen molar-refractivity contribution < 1.29 is 14.7 Å². The molecule has 0 radical (unpaired) electrons. The topological polar surface area (TPSA) is 69.2 Å². The van der Waals surface area contributed by atoms with Crippen molar-refractivity contribution in [2.24, 2.45) is 11.8 Å². The third kappa shape index (κ3) is 3.21. The molecule has 0 aromatic heterocycles. The van der Waals surface area contributed by atoms with Gasteiger partial charge in [-0.1, -0.05) is 23.3 Å². The van der Waals surface area contributed by atoms with Gasteiger partial charge in [0.1, 0.15) is 0 Å². The summed E-state index contributed by atoms with van der Waals surface area (Å²) in [5, 5.41) is 14.3. The summed E-state index contributed by atoms with van der Waals surface area (Å²) in [5.74, 6) is -2.72. The molecule has 1 aliphatic rings. The van der Waals surface area contributed by atoms with Gasteiger partial charge in [0.2, 0.25) is 5.91 Å². The summed E-state index contributed by atoms with van der Waals surface area (Å²) >= 11 is 0. The highest BCUT2D eigenvalue weighted by molar-refractivity contribution is 5.96. The predicted octanol–water partition coefficient (Wildman–Crippen LogP) is 2.35. The van der Waals surface area contributed by atoms with E-state index in [1.807, 2.05) is 45.9 Å². The molecule has 22 heavy (non-hydrogen) atoms. The number of rotatable bonds is 3. The number of carbonyl (C=O) groups excluding carboxylic acids is 2. The normalized spacial score (nSPS) is 21.6. The van der Waals surface area contributed by atoms with Gasteiger partial charge in [0.25, 0.3) is 0 Å². The summed E-state index contributed by atoms with van der Waals surface area (Å²) in [4.78, 5) is 24.0. The summed E-state index contributed by atoms with van der Waals surface area (Å²) in [7, 11) is 0. The number of hydrogen-bond acceptors (Lipinski definition) is 3. The lowest BCUT2D eigenvalue weighted by atomic mass is 9.76. The smallest absolute Gasteiger partial charge is 0.228 e. The minimum atomic E-state index is -1.15. The minimum absolute atomic E-state index is 0.241. The molecular formula is C18H22NO3-. The van der Waals surface area contributed by atoms with Crippen LogP contribution in [0.2, 0.25) is 0 Å². The maximum atomic E-state index is 12.6. The van der Waals surface area contributed by atoms with Crippen molar-refractivity contribution in [2.45, 2.75) is 40.5 Å². The van der Waals surface area contributed by atoms with Crippen molar-refractivity contribution in [3.8, 4) is 0 Å². The van der Waals surface area contributed by atoms with Crippen LogP contribution in [0, 0.1) is 25.7 Å². The molecule has 1 amide bonds. The summed E-state index contributed by atoms with van der Waals surface area (Å²) in [5.41, 5.74) is 4.97. The lowest BCUT2D eigenvalue weighted by Crippen LogP contribution is -2.42. The van der Waals surface area contributed by atoms with Crippen molar-refractivity contribution in [3.63, 3.8) is 0 Å². The first-order valence-corrected chi connectivity index (χ1v) is 7.54. The molecule has 0 saturated heterocycles. The lowest BCUT2D eigenvalue weighted by Gasteiger charge is -2.33. The molecule has 1 aromatic rings. The molecule has 0 heterocycles. The van der Waals surface area contributed by atoms with E-state index in [1.165, 1.54) is 0 Å². The molecule has 0 aliphatic heterocycles. The summed E-state index contributed by atoms with van der Waals surface area (Å²) in [6.07, 6.45) is 0.861. The molecular weight excluding hydrogens is 278 g/mol. The van der Waals surface area contributed by atoms with Crippen LogP contribution in [0.25, 0.3) is 0 Å². The van der Waals surface area contributed by atoms with Crippen LogP contribution >= 0.6 is 0 Å². The van der Waals surface area contributed by atoms with E-state index < -0.39 is 17.8 Å². The molecule has 0 fully saturated rings. The average molecular weight is 300 g/mol. The number of nitrogens with one attached hydrogen (secondary N) is 1. The standard InChI is InChI=1S/C18H23NO3/c1-10-6-5-7-16(13(10)4)19-17(20)14-8-11(2)12(3)9-15(14)18(21)22/h5-7,14-15H,8-9H2,1-4H3,(H,19,20)(H,21,22)/p-1/t14-,15+/m1/s1. The molecule has 0 bridgehead atoms. The molecule has 0 spiro atoms. The fraction of sp³-hybridized carbons (Fsp3) is 0.444. The Labute approximate surface area is 131 Å². The number of carboxylic acid groups (broad SMARTS) is 1. The Balaban J connectivity index is 2.24. The van der Waals surface area contributed by atoms with E-state index >= 15 is 0 Å². The Kier molecular flexibility index (Phi) is 4.69. The monoisotopic (exact) mass is 300 g/mol. The fourth-order valence-corrected chi connectivity index (χ4v) is 2.93. The Morgan fingerprint density at radius 1 is 1.05 bits per heavy atom. The van der Waals surface area contributed by atoms with Gasteiger partial charge < -0.3 is 15.2 Å². The molecule has 2 rings (SSSR count). The first-order valence-electron chi connectivity index (χ1n) is 7.54. The van der Waals surface area contributed by atoms with Crippen LogP contribution in [0.1, 0.15) is 37.8 Å². The molecule has 0 unspecified atom stereocenters. The first kappa shape index (κ1) is 16.3. The van der Waals surface area contributed by atoms with E-state index in [4.69, 9.17) is 0 Å². The van der Waals surface area contributed by atoms with Gasteiger partial charge in [-0.3, -0.25) is 4.79 Å². The second kappa shape index (κ2) is 6.34. The van der Waals surface area contributed by atoms with Crippen molar-refractivity contribution in [2.75, 3.05) is 5.32 Å². The number of allylic oxidation sites excluding steroid dienone is 2. The van der Waals surface area contributed by atoms with Gasteiger partial charge in [-0.25, -0.2) is 0 Å². The van der Waals surface area contributed by atoms with Crippen molar-refractivity contribution in [3.05, 3.63) is 40.5 Å². The molecule has 0 saturated carbocycles. The van der Waals surface area contributed by atoms with Crippen LogP contribution in [-0.2, 0) is 9.59 Å². The van der Waals surface area contributed by atoms with Gasteiger partial charge >= 0.3 is 0 Å². The molecule has 118 valence electrons. The highest BCUT2D eigenvalue weighted by atomic mass is 16.4. The van der Waals surface area contributed by atoms with Crippen molar-refractivity contribution in [1.29, 1.82) is 0 Å². The van der Waals surface area contributed by atoms with E-state index in [9.17, 15) is 14.7 Å². The van der Waals surface area contributed by atoms with E-state index in [1.54, 1.807) is 0 Å². The summed E-state index contributed by atoms with van der Waals surface area (Å²) in [6, 6.07) is 5.70. The maximum Gasteiger partial charge on any atom is 0.228 e. The molecule has 1 aromatic carbocycles. The highest BCUT2D eigenvalue weighted by Gasteiger charge is 2.33. The fourth-order valence-electron chi connectivity index (χ4n) is 2.93. The summed E-state index contributed by atoms with van der Waals surface area (Å²) < 4.78 is 0. The van der Waals surface area contributed by atoms with Crippen molar-refractivity contribution in [1.82, 2.24) is 0 Å². The van der Waals surface area contributed by atoms with Crippen LogP contribution in [0.15, 0.2) is 29.3 Å². The number of anilines is 1.